The molecule has 0 bridgehead atoms. The number of carbonyl (C=O) groups excluding carboxylic acids is 2. The SMILES string of the molecule is CCOC(=O)CCC(=O)NC(Cc1ccccc1)c1nnc(SCc2cccc(C)c2)n1-c1cc(Cl)ccc1C. The molecule has 0 aliphatic carbocycles. The van der Waals surface area contributed by atoms with E-state index in [-0.39, 0.29) is 25.4 Å². The Morgan fingerprint density at radius 3 is 2.50 bits per heavy atom. The summed E-state index contributed by atoms with van der Waals surface area (Å²) in [6, 6.07) is 23.5. The summed E-state index contributed by atoms with van der Waals surface area (Å²) in [5.41, 5.74) is 5.24. The molecule has 0 spiro atoms. The monoisotopic (exact) mass is 576 g/mol. The Kier molecular flexibility index (Phi) is 10.4. The molecule has 0 aliphatic rings. The highest BCUT2D eigenvalue weighted by Crippen LogP contribution is 2.31. The third-order valence-electron chi connectivity index (χ3n) is 6.31. The van der Waals surface area contributed by atoms with Crippen molar-refractivity contribution in [3.05, 3.63) is 106 Å². The van der Waals surface area contributed by atoms with Crippen LogP contribution in [0.4, 0.5) is 0 Å². The van der Waals surface area contributed by atoms with Crippen LogP contribution in [0.3, 0.4) is 0 Å². The van der Waals surface area contributed by atoms with Gasteiger partial charge in [-0.05, 0) is 56.0 Å². The second-order valence-electron chi connectivity index (χ2n) is 9.50. The van der Waals surface area contributed by atoms with Crippen LogP contribution in [0.25, 0.3) is 5.69 Å². The van der Waals surface area contributed by atoms with E-state index >= 15 is 0 Å². The molecule has 3 aromatic carbocycles. The first-order valence-electron chi connectivity index (χ1n) is 13.2. The lowest BCUT2D eigenvalue weighted by molar-refractivity contribution is -0.144. The van der Waals surface area contributed by atoms with Crippen LogP contribution >= 0.6 is 23.4 Å². The van der Waals surface area contributed by atoms with Crippen LogP contribution in [0, 0.1) is 13.8 Å². The van der Waals surface area contributed by atoms with Gasteiger partial charge in [-0.3, -0.25) is 14.2 Å². The number of benzene rings is 3. The quantitative estimate of drug-likeness (QED) is 0.152. The van der Waals surface area contributed by atoms with Gasteiger partial charge in [0.05, 0.1) is 24.8 Å². The molecule has 0 saturated carbocycles. The maximum atomic E-state index is 13.0. The lowest BCUT2D eigenvalue weighted by Gasteiger charge is -2.21. The molecule has 40 heavy (non-hydrogen) atoms. The van der Waals surface area contributed by atoms with Crippen LogP contribution in [-0.4, -0.2) is 33.2 Å². The molecular formula is C31H33ClN4O3S. The van der Waals surface area contributed by atoms with Gasteiger partial charge in [0.25, 0.3) is 0 Å². The predicted molar refractivity (Wildman–Crippen MR) is 159 cm³/mol. The Morgan fingerprint density at radius 1 is 0.975 bits per heavy atom. The van der Waals surface area contributed by atoms with E-state index in [1.54, 1.807) is 18.7 Å². The average molecular weight is 577 g/mol. The fourth-order valence-corrected chi connectivity index (χ4v) is 5.43. The number of aromatic nitrogens is 3. The van der Waals surface area contributed by atoms with Crippen LogP contribution in [0.15, 0.2) is 78.0 Å². The topological polar surface area (TPSA) is 86.1 Å². The van der Waals surface area contributed by atoms with E-state index in [0.717, 1.165) is 16.8 Å². The van der Waals surface area contributed by atoms with Crippen LogP contribution in [-0.2, 0) is 26.5 Å². The van der Waals surface area contributed by atoms with E-state index in [9.17, 15) is 9.59 Å². The number of nitrogens with zero attached hydrogens (tertiary/aromatic N) is 3. The van der Waals surface area contributed by atoms with E-state index in [0.29, 0.717) is 28.2 Å². The number of aryl methyl sites for hydroxylation is 2. The largest absolute Gasteiger partial charge is 0.466 e. The summed E-state index contributed by atoms with van der Waals surface area (Å²) in [6.45, 7) is 6.10. The van der Waals surface area contributed by atoms with Gasteiger partial charge in [-0.15, -0.1) is 10.2 Å². The second kappa shape index (κ2) is 14.1. The van der Waals surface area contributed by atoms with E-state index in [1.165, 1.54) is 11.1 Å². The number of hydrogen-bond donors (Lipinski definition) is 1. The van der Waals surface area contributed by atoms with Gasteiger partial charge in [-0.2, -0.15) is 0 Å². The molecule has 1 amide bonds. The van der Waals surface area contributed by atoms with Crippen LogP contribution < -0.4 is 5.32 Å². The molecule has 1 N–H and O–H groups in total. The Morgan fingerprint density at radius 2 is 1.75 bits per heavy atom. The predicted octanol–water partition coefficient (Wildman–Crippen LogP) is 6.57. The summed E-state index contributed by atoms with van der Waals surface area (Å²) in [5.74, 6) is 0.630. The van der Waals surface area contributed by atoms with E-state index in [1.807, 2.05) is 66.1 Å². The molecule has 1 unspecified atom stereocenters. The first-order chi connectivity index (χ1) is 19.3. The van der Waals surface area contributed by atoms with E-state index < -0.39 is 12.0 Å². The number of hydrogen-bond acceptors (Lipinski definition) is 6. The number of halogens is 1. The number of esters is 1. The fraction of sp³-hybridized carbons (Fsp3) is 0.290. The van der Waals surface area contributed by atoms with Gasteiger partial charge in [0.15, 0.2) is 11.0 Å². The van der Waals surface area contributed by atoms with E-state index in [2.05, 4.69) is 40.6 Å². The molecule has 0 saturated heterocycles. The van der Waals surface area contributed by atoms with Crippen LogP contribution in [0.5, 0.6) is 0 Å². The Hall–Kier alpha value is -3.62. The standard InChI is InChI=1S/C31H33ClN4O3S/c1-4-39-29(38)16-15-28(37)33-26(18-23-10-6-5-7-11-23)30-34-35-31(40-20-24-12-8-9-21(2)17-24)36(30)27-19-25(32)14-13-22(27)3/h5-14,17,19,26H,4,15-16,18,20H2,1-3H3,(H,33,37). The average Bonchev–Trinajstić information content (AvgIpc) is 3.36. The van der Waals surface area contributed by atoms with Crippen molar-refractivity contribution in [2.45, 2.75) is 57.0 Å². The van der Waals surface area contributed by atoms with Crippen molar-refractivity contribution in [1.29, 1.82) is 0 Å². The first kappa shape index (κ1) is 29.4. The highest BCUT2D eigenvalue weighted by Gasteiger charge is 2.26. The highest BCUT2D eigenvalue weighted by atomic mass is 35.5. The first-order valence-corrected chi connectivity index (χ1v) is 14.6. The number of nitrogens with one attached hydrogen (secondary N) is 1. The van der Waals surface area contributed by atoms with Crippen molar-refractivity contribution in [2.75, 3.05) is 6.61 Å². The smallest absolute Gasteiger partial charge is 0.306 e. The molecule has 4 aromatic rings. The van der Waals surface area contributed by atoms with Gasteiger partial charge in [0.2, 0.25) is 5.91 Å². The zero-order valence-corrected chi connectivity index (χ0v) is 24.5. The van der Waals surface area contributed by atoms with Gasteiger partial charge in [0.1, 0.15) is 0 Å². The highest BCUT2D eigenvalue weighted by molar-refractivity contribution is 7.98. The summed E-state index contributed by atoms with van der Waals surface area (Å²) in [6.07, 6.45) is 0.519. The van der Waals surface area contributed by atoms with Gasteiger partial charge >= 0.3 is 5.97 Å². The summed E-state index contributed by atoms with van der Waals surface area (Å²) in [4.78, 5) is 24.9. The maximum Gasteiger partial charge on any atom is 0.306 e. The molecule has 0 radical (unpaired) electrons. The van der Waals surface area contributed by atoms with Crippen molar-refractivity contribution in [3.63, 3.8) is 0 Å². The van der Waals surface area contributed by atoms with Crippen molar-refractivity contribution in [1.82, 2.24) is 20.1 Å². The molecule has 0 fully saturated rings. The fourth-order valence-electron chi connectivity index (χ4n) is 4.37. The summed E-state index contributed by atoms with van der Waals surface area (Å²) in [7, 11) is 0. The van der Waals surface area contributed by atoms with Crippen molar-refractivity contribution in [3.8, 4) is 5.69 Å². The molecule has 9 heteroatoms. The third-order valence-corrected chi connectivity index (χ3v) is 7.55. The number of thioether (sulfide) groups is 1. The molecule has 0 aliphatic heterocycles. The van der Waals surface area contributed by atoms with Crippen molar-refractivity contribution < 1.29 is 14.3 Å². The minimum atomic E-state index is -0.503. The minimum absolute atomic E-state index is 0.00934. The molecular weight excluding hydrogens is 544 g/mol. The summed E-state index contributed by atoms with van der Waals surface area (Å²) >= 11 is 8.02. The Bertz CT molecular complexity index is 1460. The second-order valence-corrected chi connectivity index (χ2v) is 10.9. The zero-order chi connectivity index (χ0) is 28.5. The lowest BCUT2D eigenvalue weighted by Crippen LogP contribution is -2.32. The molecule has 7 nitrogen and oxygen atoms in total. The molecule has 1 atom stereocenters. The van der Waals surface area contributed by atoms with Crippen LogP contribution in [0.1, 0.15) is 53.9 Å². The third kappa shape index (κ3) is 7.96. The molecule has 1 heterocycles. The van der Waals surface area contributed by atoms with Gasteiger partial charge in [-0.1, -0.05) is 89.6 Å². The summed E-state index contributed by atoms with van der Waals surface area (Å²) in [5, 5.41) is 13.6. The Balaban J connectivity index is 1.71. The van der Waals surface area contributed by atoms with Gasteiger partial charge in [-0.25, -0.2) is 0 Å². The lowest BCUT2D eigenvalue weighted by atomic mass is 10.0. The van der Waals surface area contributed by atoms with Gasteiger partial charge < -0.3 is 10.1 Å². The summed E-state index contributed by atoms with van der Waals surface area (Å²) < 4.78 is 6.98. The number of rotatable bonds is 12. The number of ether oxygens (including phenoxy) is 1. The Labute approximate surface area is 244 Å². The normalized spacial score (nSPS) is 11.7. The van der Waals surface area contributed by atoms with Crippen LogP contribution in [0.2, 0.25) is 5.02 Å². The molecule has 208 valence electrons. The zero-order valence-electron chi connectivity index (χ0n) is 22.9. The van der Waals surface area contributed by atoms with E-state index in [4.69, 9.17) is 16.3 Å². The van der Waals surface area contributed by atoms with Gasteiger partial charge in [0, 0.05) is 17.2 Å². The van der Waals surface area contributed by atoms with Crippen molar-refractivity contribution in [2.24, 2.45) is 0 Å². The molecule has 4 rings (SSSR count). The van der Waals surface area contributed by atoms with Crippen molar-refractivity contribution >= 4 is 35.2 Å². The number of amides is 1. The maximum absolute atomic E-state index is 13.0. The molecule has 1 aromatic heterocycles. The minimum Gasteiger partial charge on any atom is -0.466 e. The number of carbonyl (C=O) groups is 2.